The van der Waals surface area contributed by atoms with Crippen molar-refractivity contribution in [2.24, 2.45) is 0 Å². The van der Waals surface area contributed by atoms with Crippen molar-refractivity contribution in [2.45, 2.75) is 19.4 Å². The Labute approximate surface area is 171 Å². The van der Waals surface area contributed by atoms with E-state index in [1.54, 1.807) is 27.2 Å². The van der Waals surface area contributed by atoms with E-state index in [0.29, 0.717) is 22.8 Å². The van der Waals surface area contributed by atoms with Gasteiger partial charge in [-0.3, -0.25) is 4.79 Å². The van der Waals surface area contributed by atoms with Gasteiger partial charge in [0.2, 0.25) is 5.91 Å². The molecule has 152 valence electrons. The van der Waals surface area contributed by atoms with Crippen LogP contribution in [0.5, 0.6) is 11.5 Å². The number of hydrogen-bond acceptors (Lipinski definition) is 5. The van der Waals surface area contributed by atoms with Gasteiger partial charge in [0.1, 0.15) is 5.01 Å². The summed E-state index contributed by atoms with van der Waals surface area (Å²) in [6.07, 6.45) is 0.0812. The predicted octanol–water partition coefficient (Wildman–Crippen LogP) is 4.53. The van der Waals surface area contributed by atoms with Gasteiger partial charge in [0.15, 0.2) is 23.1 Å². The van der Waals surface area contributed by atoms with Crippen molar-refractivity contribution in [1.29, 1.82) is 0 Å². The van der Waals surface area contributed by atoms with Gasteiger partial charge in [-0.05, 0) is 42.8 Å². The third-order valence-electron chi connectivity index (χ3n) is 4.35. The zero-order valence-corrected chi connectivity index (χ0v) is 17.0. The molecule has 0 saturated heterocycles. The quantitative estimate of drug-likeness (QED) is 0.613. The molecule has 0 radical (unpaired) electrons. The lowest BCUT2D eigenvalue weighted by Gasteiger charge is -2.14. The highest BCUT2D eigenvalue weighted by Crippen LogP contribution is 2.33. The first-order chi connectivity index (χ1) is 13.9. The molecule has 29 heavy (non-hydrogen) atoms. The number of methoxy groups -OCH3 is 2. The van der Waals surface area contributed by atoms with Gasteiger partial charge in [0.05, 0.1) is 32.4 Å². The van der Waals surface area contributed by atoms with E-state index >= 15 is 0 Å². The molecule has 0 spiro atoms. The summed E-state index contributed by atoms with van der Waals surface area (Å²) < 4.78 is 37.0. The highest BCUT2D eigenvalue weighted by Gasteiger charge is 2.15. The molecule has 0 bridgehead atoms. The average molecular weight is 418 g/mol. The van der Waals surface area contributed by atoms with Crippen molar-refractivity contribution in [3.8, 4) is 22.1 Å². The summed E-state index contributed by atoms with van der Waals surface area (Å²) in [7, 11) is 3.13. The van der Waals surface area contributed by atoms with Gasteiger partial charge in [-0.15, -0.1) is 11.3 Å². The molecule has 8 heteroatoms. The molecule has 0 aliphatic carbocycles. The van der Waals surface area contributed by atoms with Gasteiger partial charge in [0, 0.05) is 10.9 Å². The van der Waals surface area contributed by atoms with E-state index in [1.165, 1.54) is 17.4 Å². The lowest BCUT2D eigenvalue weighted by atomic mass is 10.1. The Kier molecular flexibility index (Phi) is 6.43. The summed E-state index contributed by atoms with van der Waals surface area (Å²) in [6.45, 7) is 1.71. The number of rotatable bonds is 7. The number of nitrogens with one attached hydrogen (secondary N) is 1. The maximum atomic E-state index is 13.4. The van der Waals surface area contributed by atoms with Crippen LogP contribution in [0.15, 0.2) is 41.8 Å². The first-order valence-corrected chi connectivity index (χ1v) is 9.70. The van der Waals surface area contributed by atoms with Gasteiger partial charge < -0.3 is 14.8 Å². The minimum absolute atomic E-state index is 0.0812. The van der Waals surface area contributed by atoms with Gasteiger partial charge in [-0.25, -0.2) is 13.8 Å². The number of halogens is 2. The minimum Gasteiger partial charge on any atom is -0.493 e. The number of carbonyl (C=O) groups is 1. The standard InChI is InChI=1S/C21H20F2N2O3S/c1-12(13-4-6-16(22)17(23)8-13)24-20(26)10-15-11-29-21(25-15)14-5-7-18(27-2)19(9-14)28-3/h4-9,11-12H,10H2,1-3H3,(H,24,26). The van der Waals surface area contributed by atoms with E-state index in [1.807, 2.05) is 17.5 Å². The van der Waals surface area contributed by atoms with Crippen LogP contribution in [0.25, 0.3) is 10.6 Å². The molecule has 0 aliphatic heterocycles. The SMILES string of the molecule is COc1ccc(-c2nc(CC(=O)NC(C)c3ccc(F)c(F)c3)cs2)cc1OC. The number of ether oxygens (including phenoxy) is 2. The van der Waals surface area contributed by atoms with Gasteiger partial charge >= 0.3 is 0 Å². The number of hydrogen-bond donors (Lipinski definition) is 1. The van der Waals surface area contributed by atoms with E-state index in [-0.39, 0.29) is 12.3 Å². The Hall–Kier alpha value is -3.00. The Morgan fingerprint density at radius 2 is 1.86 bits per heavy atom. The zero-order chi connectivity index (χ0) is 21.0. The van der Waals surface area contributed by atoms with Crippen molar-refractivity contribution < 1.29 is 23.0 Å². The molecule has 0 aliphatic rings. The smallest absolute Gasteiger partial charge is 0.226 e. The molecule has 1 amide bonds. The second-order valence-corrected chi connectivity index (χ2v) is 7.21. The van der Waals surface area contributed by atoms with Crippen molar-refractivity contribution in [3.63, 3.8) is 0 Å². The van der Waals surface area contributed by atoms with E-state index in [2.05, 4.69) is 10.3 Å². The van der Waals surface area contributed by atoms with Crippen LogP contribution in [0.2, 0.25) is 0 Å². The maximum absolute atomic E-state index is 13.4. The fraction of sp³-hybridized carbons (Fsp3) is 0.238. The maximum Gasteiger partial charge on any atom is 0.226 e. The van der Waals surface area contributed by atoms with Crippen molar-refractivity contribution >= 4 is 17.2 Å². The third-order valence-corrected chi connectivity index (χ3v) is 5.29. The number of nitrogens with zero attached hydrogens (tertiary/aromatic N) is 1. The molecule has 1 aromatic heterocycles. The molecule has 0 saturated carbocycles. The Morgan fingerprint density at radius 3 is 2.55 bits per heavy atom. The number of amides is 1. The molecular formula is C21H20F2N2O3S. The molecule has 0 fully saturated rings. The molecule has 5 nitrogen and oxygen atoms in total. The van der Waals surface area contributed by atoms with Crippen LogP contribution < -0.4 is 14.8 Å². The topological polar surface area (TPSA) is 60.5 Å². The lowest BCUT2D eigenvalue weighted by molar-refractivity contribution is -0.121. The van der Waals surface area contributed by atoms with Crippen molar-refractivity contribution in [2.75, 3.05) is 14.2 Å². The zero-order valence-electron chi connectivity index (χ0n) is 16.2. The molecular weight excluding hydrogens is 398 g/mol. The van der Waals surface area contributed by atoms with Gasteiger partial charge in [-0.2, -0.15) is 0 Å². The second-order valence-electron chi connectivity index (χ2n) is 6.35. The molecule has 1 N–H and O–H groups in total. The Bertz CT molecular complexity index is 1020. The first-order valence-electron chi connectivity index (χ1n) is 8.82. The largest absolute Gasteiger partial charge is 0.493 e. The Balaban J connectivity index is 1.66. The van der Waals surface area contributed by atoms with E-state index in [9.17, 15) is 13.6 Å². The summed E-state index contributed by atoms with van der Waals surface area (Å²) in [4.78, 5) is 16.8. The number of thiazole rings is 1. The second kappa shape index (κ2) is 9.00. The average Bonchev–Trinajstić information content (AvgIpc) is 3.17. The van der Waals surface area contributed by atoms with Crippen LogP contribution in [-0.2, 0) is 11.2 Å². The van der Waals surface area contributed by atoms with E-state index in [0.717, 1.165) is 22.7 Å². The summed E-state index contributed by atoms with van der Waals surface area (Å²) in [5.41, 5.74) is 1.96. The van der Waals surface area contributed by atoms with Crippen LogP contribution in [0.1, 0.15) is 24.2 Å². The van der Waals surface area contributed by atoms with Crippen molar-refractivity contribution in [1.82, 2.24) is 10.3 Å². The third kappa shape index (κ3) is 4.89. The summed E-state index contributed by atoms with van der Waals surface area (Å²) in [6, 6.07) is 8.61. The van der Waals surface area contributed by atoms with Crippen LogP contribution in [0.4, 0.5) is 8.78 Å². The molecule has 2 aromatic carbocycles. The minimum atomic E-state index is -0.942. The molecule has 3 aromatic rings. The van der Waals surface area contributed by atoms with Gasteiger partial charge in [0.25, 0.3) is 0 Å². The molecule has 3 rings (SSSR count). The monoisotopic (exact) mass is 418 g/mol. The summed E-state index contributed by atoms with van der Waals surface area (Å²) in [5.74, 6) is -0.898. The first kappa shape index (κ1) is 20.7. The van der Waals surface area contributed by atoms with Crippen LogP contribution in [-0.4, -0.2) is 25.1 Å². The number of aromatic nitrogens is 1. The van der Waals surface area contributed by atoms with E-state index in [4.69, 9.17) is 9.47 Å². The van der Waals surface area contributed by atoms with Gasteiger partial charge in [-0.1, -0.05) is 6.07 Å². The fourth-order valence-electron chi connectivity index (χ4n) is 2.81. The van der Waals surface area contributed by atoms with Crippen LogP contribution in [0.3, 0.4) is 0 Å². The number of carbonyl (C=O) groups excluding carboxylic acids is 1. The highest BCUT2D eigenvalue weighted by molar-refractivity contribution is 7.13. The van der Waals surface area contributed by atoms with E-state index < -0.39 is 17.7 Å². The number of benzene rings is 2. The molecule has 1 heterocycles. The molecule has 1 atom stereocenters. The Morgan fingerprint density at radius 1 is 1.10 bits per heavy atom. The molecule has 1 unspecified atom stereocenters. The summed E-state index contributed by atoms with van der Waals surface area (Å²) >= 11 is 1.42. The fourth-order valence-corrected chi connectivity index (χ4v) is 3.63. The summed E-state index contributed by atoms with van der Waals surface area (Å²) in [5, 5.41) is 5.34. The normalized spacial score (nSPS) is 11.8. The van der Waals surface area contributed by atoms with Crippen LogP contribution >= 0.6 is 11.3 Å². The van der Waals surface area contributed by atoms with Crippen LogP contribution in [0, 0.1) is 11.6 Å². The highest BCUT2D eigenvalue weighted by atomic mass is 32.1. The van der Waals surface area contributed by atoms with Crippen molar-refractivity contribution in [3.05, 3.63) is 64.7 Å². The predicted molar refractivity (Wildman–Crippen MR) is 107 cm³/mol. The lowest BCUT2D eigenvalue weighted by Crippen LogP contribution is -2.28.